The Labute approximate surface area is 241 Å². The van der Waals surface area contributed by atoms with Gasteiger partial charge in [0.25, 0.3) is 11.8 Å². The normalized spacial score (nSPS) is 17.8. The summed E-state index contributed by atoms with van der Waals surface area (Å²) in [5.74, 6) is -0.731. The molecule has 218 valence electrons. The summed E-state index contributed by atoms with van der Waals surface area (Å²) in [4.78, 5) is 42.6. The van der Waals surface area contributed by atoms with Crippen molar-refractivity contribution in [1.29, 1.82) is 0 Å². The minimum Gasteiger partial charge on any atom is -0.570 e. The third kappa shape index (κ3) is 23.0. The summed E-state index contributed by atoms with van der Waals surface area (Å²) in [5.41, 5.74) is 1.45. The number of epoxide rings is 1. The van der Waals surface area contributed by atoms with E-state index in [0.717, 1.165) is 30.8 Å². The van der Waals surface area contributed by atoms with Crippen molar-refractivity contribution in [1.82, 2.24) is 4.90 Å². The molecule has 0 spiro atoms. The Morgan fingerprint density at radius 3 is 1.54 bits per heavy atom. The van der Waals surface area contributed by atoms with Gasteiger partial charge in [0.15, 0.2) is 5.78 Å². The van der Waals surface area contributed by atoms with Crippen molar-refractivity contribution in [2.24, 2.45) is 5.41 Å². The molecule has 1 unspecified atom stereocenters. The Balaban J connectivity index is -0.0000000842. The third-order valence-corrected chi connectivity index (χ3v) is 4.22. The average molecular weight is 702 g/mol. The van der Waals surface area contributed by atoms with E-state index in [1.54, 1.807) is 21.0 Å². The van der Waals surface area contributed by atoms with E-state index in [9.17, 15) is 19.2 Å². The number of methoxy groups -OCH3 is 2. The maximum absolute atomic E-state index is 11.0. The van der Waals surface area contributed by atoms with E-state index in [1.807, 2.05) is 6.92 Å². The quantitative estimate of drug-likeness (QED) is 0.138. The number of hydrogen-bond donors (Lipinski definition) is 0. The van der Waals surface area contributed by atoms with Gasteiger partial charge in [-0.1, -0.05) is 55.4 Å². The molecule has 0 aromatic heterocycles. The summed E-state index contributed by atoms with van der Waals surface area (Å²) < 4.78 is 25.2. The number of ether oxygens (including phenoxy) is 4. The molecule has 2 saturated heterocycles. The second kappa shape index (κ2) is 25.7. The molecule has 3 rings (SSSR count). The van der Waals surface area contributed by atoms with Crippen LogP contribution < -0.4 is 0 Å². The van der Waals surface area contributed by atoms with Crippen LogP contribution in [0.25, 0.3) is 0 Å². The van der Waals surface area contributed by atoms with Crippen LogP contribution in [-0.4, -0.2) is 75.7 Å². The molecular weight excluding hydrogens is 650 g/mol. The third-order valence-electron chi connectivity index (χ3n) is 4.22. The molecule has 0 radical (unpaired) electrons. The Morgan fingerprint density at radius 2 is 1.49 bits per heavy atom. The topological polar surface area (TPSA) is 112 Å². The predicted molar refractivity (Wildman–Crippen MR) is 145 cm³/mol. The molecule has 0 aliphatic carbocycles. The van der Waals surface area contributed by atoms with Gasteiger partial charge in [-0.25, -0.2) is 4.79 Å². The standard InChI is InChI=1S/C7H9NO2.C6H12O2.C4H6O2.C4H6O.C3H5O.3CH4.W/c1-4-5(2)7(10)8(3)6(4)9;1-6(3-7-2)4-8-5-6;1-3-4(5)6-2;1-3-4(2)5;1-3-2-4-3;;;;/h1-3H3;3-5H2,1-2H3;3H,1H2,2H3;3H,1H2,2H3;2-3H,1H3;3*1H4;/q;;;;-1;;;;/i;;;;2D;;;;. The first kappa shape index (κ1) is 45.0. The molecule has 0 aromatic carbocycles. The van der Waals surface area contributed by atoms with E-state index < -0.39 is 5.97 Å². The molecule has 1 atom stereocenters. The smallest absolute Gasteiger partial charge is 0.329 e. The zero-order valence-corrected chi connectivity index (χ0v) is 24.3. The molecule has 9 nitrogen and oxygen atoms in total. The summed E-state index contributed by atoms with van der Waals surface area (Å²) in [5, 5.41) is 0. The summed E-state index contributed by atoms with van der Waals surface area (Å²) in [6.45, 7) is 18.2. The summed E-state index contributed by atoms with van der Waals surface area (Å²) >= 11 is 0. The molecule has 0 saturated carbocycles. The molecule has 0 aromatic rings. The van der Waals surface area contributed by atoms with Gasteiger partial charge in [0.1, 0.15) is 0 Å². The fourth-order valence-corrected chi connectivity index (χ4v) is 1.95. The van der Waals surface area contributed by atoms with Crippen molar-refractivity contribution in [3.63, 3.8) is 0 Å². The first-order valence-electron chi connectivity index (χ1n) is 10.6. The number of allylic oxidation sites excluding steroid dienone is 1. The number of ketones is 1. The minimum atomic E-state index is -0.394. The van der Waals surface area contributed by atoms with Crippen molar-refractivity contribution in [3.05, 3.63) is 43.0 Å². The summed E-state index contributed by atoms with van der Waals surface area (Å²) in [6.07, 6.45) is 2.52. The predicted octanol–water partition coefficient (Wildman–Crippen LogP) is 4.57. The van der Waals surface area contributed by atoms with Gasteiger partial charge in [0.2, 0.25) is 0 Å². The fraction of sp³-hybridized carbons (Fsp3) is 0.593. The van der Waals surface area contributed by atoms with Crippen LogP contribution >= 0.6 is 0 Å². The van der Waals surface area contributed by atoms with Gasteiger partial charge in [-0.15, -0.1) is 0 Å². The second-order valence-corrected chi connectivity index (χ2v) is 7.58. The van der Waals surface area contributed by atoms with Gasteiger partial charge in [0, 0.05) is 57.9 Å². The van der Waals surface area contributed by atoms with Crippen LogP contribution in [0.1, 0.15) is 58.3 Å². The first-order valence-corrected chi connectivity index (χ1v) is 10.1. The van der Waals surface area contributed by atoms with Crippen LogP contribution in [-0.2, 0) is 59.2 Å². The van der Waals surface area contributed by atoms with Gasteiger partial charge in [-0.2, -0.15) is 7.95 Å². The van der Waals surface area contributed by atoms with Gasteiger partial charge in [-0.3, -0.25) is 19.3 Å². The number of nitrogens with zero attached hydrogens (tertiary/aromatic N) is 1. The number of amides is 2. The molecule has 0 N–H and O–H groups in total. The zero-order valence-electron chi connectivity index (χ0n) is 22.4. The number of carbonyl (C=O) groups is 4. The van der Waals surface area contributed by atoms with E-state index in [2.05, 4.69) is 29.6 Å². The Kier molecular flexibility index (Phi) is 31.3. The molecule has 2 fully saturated rings. The van der Waals surface area contributed by atoms with Gasteiger partial charge >= 0.3 is 5.97 Å². The number of imide groups is 1. The van der Waals surface area contributed by atoms with Crippen LogP contribution in [0.5, 0.6) is 0 Å². The molecule has 3 heterocycles. The van der Waals surface area contributed by atoms with E-state index in [0.29, 0.717) is 23.1 Å². The molecular formula is C27H50NO8W-. The van der Waals surface area contributed by atoms with Gasteiger partial charge in [-0.05, 0) is 26.8 Å². The summed E-state index contributed by atoms with van der Waals surface area (Å²) in [6, 6.07) is 0. The number of rotatable bonds is 4. The molecule has 3 aliphatic rings. The van der Waals surface area contributed by atoms with Crippen molar-refractivity contribution in [2.75, 3.05) is 41.1 Å². The number of carbonyl (C=O) groups excluding carboxylic acids is 4. The van der Waals surface area contributed by atoms with Crippen molar-refractivity contribution >= 4 is 23.6 Å². The summed E-state index contributed by atoms with van der Waals surface area (Å²) in [7, 11) is 4.53. The monoisotopic (exact) mass is 701 g/mol. The maximum atomic E-state index is 11.0. The van der Waals surface area contributed by atoms with Crippen LogP contribution in [0.3, 0.4) is 0 Å². The SMILES string of the molecule is C.C.C.C=CC(=O)OC.C=CC(C)=O.CC1=C(C)C(=O)N(C)C1=O.COCC1(C)COC1.[2H][C-]1OC1C.[W]. The Morgan fingerprint density at radius 1 is 1.14 bits per heavy atom. The fourth-order valence-electron chi connectivity index (χ4n) is 1.95. The molecule has 3 aliphatic heterocycles. The van der Waals surface area contributed by atoms with Crippen LogP contribution in [0.4, 0.5) is 0 Å². The van der Waals surface area contributed by atoms with Gasteiger partial charge in [0.05, 0.1) is 26.9 Å². The average Bonchev–Trinajstić information content (AvgIpc) is 3.43. The molecule has 2 amide bonds. The van der Waals surface area contributed by atoms with Crippen molar-refractivity contribution in [3.8, 4) is 0 Å². The Bertz CT molecular complexity index is 736. The Hall–Kier alpha value is -1.93. The van der Waals surface area contributed by atoms with Crippen LogP contribution in [0, 0.1) is 12.0 Å². The van der Waals surface area contributed by atoms with Crippen LogP contribution in [0.2, 0.25) is 0 Å². The van der Waals surface area contributed by atoms with E-state index in [1.165, 1.54) is 27.2 Å². The number of esters is 1. The minimum absolute atomic E-state index is 0. The zero-order chi connectivity index (χ0) is 27.1. The van der Waals surface area contributed by atoms with Gasteiger partial charge < -0.3 is 18.9 Å². The van der Waals surface area contributed by atoms with E-state index in [4.69, 9.17) is 10.8 Å². The number of likely N-dealkylation sites (N-methyl/N-ethyl adjacent to an activating group) is 1. The molecule has 37 heavy (non-hydrogen) atoms. The number of hydrogen-bond acceptors (Lipinski definition) is 8. The molecule has 10 heteroatoms. The first-order chi connectivity index (χ1) is 15.7. The van der Waals surface area contributed by atoms with E-state index in [-0.39, 0.29) is 67.0 Å². The maximum Gasteiger partial charge on any atom is 0.329 e. The van der Waals surface area contributed by atoms with E-state index >= 15 is 0 Å². The van der Waals surface area contributed by atoms with Crippen molar-refractivity contribution in [2.45, 2.75) is 63.0 Å². The van der Waals surface area contributed by atoms with Crippen LogP contribution in [0.15, 0.2) is 36.5 Å². The van der Waals surface area contributed by atoms with Crippen molar-refractivity contribution < 1.29 is 60.6 Å². The largest absolute Gasteiger partial charge is 0.570 e. The second-order valence-electron chi connectivity index (χ2n) is 7.58. The molecule has 0 bridgehead atoms.